The summed E-state index contributed by atoms with van der Waals surface area (Å²) in [4.78, 5) is 12.0. The van der Waals surface area contributed by atoms with E-state index in [0.717, 1.165) is 5.56 Å². The molecule has 1 amide bonds. The number of halogens is 1. The molecule has 0 heterocycles. The van der Waals surface area contributed by atoms with E-state index in [-0.39, 0.29) is 17.6 Å². The first-order chi connectivity index (χ1) is 9.08. The zero-order valence-electron chi connectivity index (χ0n) is 10.6. The zero-order chi connectivity index (χ0) is 13.8. The van der Waals surface area contributed by atoms with Gasteiger partial charge < -0.3 is 11.1 Å². The highest BCUT2D eigenvalue weighted by Crippen LogP contribution is 2.15. The summed E-state index contributed by atoms with van der Waals surface area (Å²) in [5, 5.41) is 2.84. The summed E-state index contributed by atoms with van der Waals surface area (Å²) in [6, 6.07) is 13.4. The zero-order valence-corrected chi connectivity index (χ0v) is 10.6. The van der Waals surface area contributed by atoms with Gasteiger partial charge in [-0.05, 0) is 30.7 Å². The van der Waals surface area contributed by atoms with E-state index >= 15 is 0 Å². The molecule has 0 aromatic heterocycles. The van der Waals surface area contributed by atoms with Crippen molar-refractivity contribution < 1.29 is 9.18 Å². The molecule has 3 nitrogen and oxygen atoms in total. The van der Waals surface area contributed by atoms with Gasteiger partial charge in [-0.2, -0.15) is 0 Å². The summed E-state index contributed by atoms with van der Waals surface area (Å²) in [6.45, 7) is 1.89. The van der Waals surface area contributed by atoms with Gasteiger partial charge in [0.15, 0.2) is 0 Å². The van der Waals surface area contributed by atoms with E-state index in [1.54, 1.807) is 0 Å². The minimum absolute atomic E-state index is 0.0278. The molecule has 0 fully saturated rings. The number of benzene rings is 2. The Kier molecular flexibility index (Phi) is 3.80. The standard InChI is InChI=1S/C15H15FN2O/c1-10(11-5-3-2-4-6-11)18-15(19)12-7-8-13(16)14(17)9-12/h2-10H,17H2,1H3,(H,18,19)/t10-/m1/s1. The second-order valence-corrected chi connectivity index (χ2v) is 4.34. The van der Waals surface area contributed by atoms with E-state index in [9.17, 15) is 9.18 Å². The van der Waals surface area contributed by atoms with Gasteiger partial charge in [-0.25, -0.2) is 4.39 Å². The number of amides is 1. The average Bonchev–Trinajstić information content (AvgIpc) is 2.42. The van der Waals surface area contributed by atoms with Crippen LogP contribution in [-0.4, -0.2) is 5.91 Å². The van der Waals surface area contributed by atoms with Crippen molar-refractivity contribution in [1.29, 1.82) is 0 Å². The molecule has 98 valence electrons. The third-order valence-corrected chi connectivity index (χ3v) is 2.91. The van der Waals surface area contributed by atoms with Gasteiger partial charge in [0.25, 0.3) is 5.91 Å². The van der Waals surface area contributed by atoms with Crippen LogP contribution in [0.5, 0.6) is 0 Å². The van der Waals surface area contributed by atoms with Crippen molar-refractivity contribution in [3.63, 3.8) is 0 Å². The van der Waals surface area contributed by atoms with Gasteiger partial charge >= 0.3 is 0 Å². The van der Waals surface area contributed by atoms with Gasteiger partial charge in [0.05, 0.1) is 11.7 Å². The number of hydrogen-bond acceptors (Lipinski definition) is 2. The molecule has 0 saturated carbocycles. The van der Waals surface area contributed by atoms with Gasteiger partial charge in [0.1, 0.15) is 5.82 Å². The van der Waals surface area contributed by atoms with Crippen molar-refractivity contribution in [3.05, 3.63) is 65.5 Å². The lowest BCUT2D eigenvalue weighted by Crippen LogP contribution is -2.26. The molecule has 19 heavy (non-hydrogen) atoms. The number of carbonyl (C=O) groups excluding carboxylic acids is 1. The Morgan fingerprint density at radius 2 is 1.89 bits per heavy atom. The number of carbonyl (C=O) groups is 1. The summed E-state index contributed by atoms with van der Waals surface area (Å²) in [5.74, 6) is -0.796. The molecule has 0 aliphatic carbocycles. The largest absolute Gasteiger partial charge is 0.396 e. The topological polar surface area (TPSA) is 55.1 Å². The summed E-state index contributed by atoms with van der Waals surface area (Å²) >= 11 is 0. The van der Waals surface area contributed by atoms with Crippen LogP contribution in [0, 0.1) is 5.82 Å². The van der Waals surface area contributed by atoms with E-state index < -0.39 is 5.82 Å². The van der Waals surface area contributed by atoms with Crippen LogP contribution in [0.1, 0.15) is 28.9 Å². The monoisotopic (exact) mass is 258 g/mol. The van der Waals surface area contributed by atoms with Crippen LogP contribution >= 0.6 is 0 Å². The number of nitrogens with two attached hydrogens (primary N) is 1. The van der Waals surface area contributed by atoms with Crippen molar-refractivity contribution in [2.45, 2.75) is 13.0 Å². The highest BCUT2D eigenvalue weighted by molar-refractivity contribution is 5.95. The first-order valence-electron chi connectivity index (χ1n) is 5.99. The molecule has 0 saturated heterocycles. The maximum absolute atomic E-state index is 13.0. The van der Waals surface area contributed by atoms with E-state index in [1.807, 2.05) is 37.3 Å². The Balaban J connectivity index is 2.11. The van der Waals surface area contributed by atoms with E-state index in [0.29, 0.717) is 5.56 Å². The number of hydrogen-bond donors (Lipinski definition) is 2. The average molecular weight is 258 g/mol. The molecule has 2 aromatic rings. The SMILES string of the molecule is C[C@@H](NC(=O)c1ccc(F)c(N)c1)c1ccccc1. The first kappa shape index (κ1) is 13.1. The molecule has 2 rings (SSSR count). The smallest absolute Gasteiger partial charge is 0.251 e. The first-order valence-corrected chi connectivity index (χ1v) is 5.99. The Hall–Kier alpha value is -2.36. The van der Waals surface area contributed by atoms with Gasteiger partial charge in [0, 0.05) is 5.56 Å². The molecule has 0 radical (unpaired) electrons. The fraction of sp³-hybridized carbons (Fsp3) is 0.133. The quantitative estimate of drug-likeness (QED) is 0.832. The number of nitrogens with one attached hydrogen (secondary N) is 1. The highest BCUT2D eigenvalue weighted by Gasteiger charge is 2.12. The minimum atomic E-state index is -0.521. The number of rotatable bonds is 3. The van der Waals surface area contributed by atoms with E-state index in [4.69, 9.17) is 5.73 Å². The van der Waals surface area contributed by atoms with Gasteiger partial charge in [-0.1, -0.05) is 30.3 Å². The lowest BCUT2D eigenvalue weighted by molar-refractivity contribution is 0.0940. The Morgan fingerprint density at radius 3 is 2.53 bits per heavy atom. The molecule has 0 bridgehead atoms. The normalized spacial score (nSPS) is 11.9. The van der Waals surface area contributed by atoms with Gasteiger partial charge in [-0.3, -0.25) is 4.79 Å². The molecule has 0 spiro atoms. The molecule has 1 atom stereocenters. The lowest BCUT2D eigenvalue weighted by atomic mass is 10.1. The van der Waals surface area contributed by atoms with Crippen LogP contribution in [0.4, 0.5) is 10.1 Å². The van der Waals surface area contributed by atoms with Crippen LogP contribution < -0.4 is 11.1 Å². The fourth-order valence-corrected chi connectivity index (χ4v) is 1.79. The van der Waals surface area contributed by atoms with Crippen LogP contribution in [0.3, 0.4) is 0 Å². The van der Waals surface area contributed by atoms with Gasteiger partial charge in [0.2, 0.25) is 0 Å². The third kappa shape index (κ3) is 3.10. The highest BCUT2D eigenvalue weighted by atomic mass is 19.1. The maximum Gasteiger partial charge on any atom is 0.251 e. The number of anilines is 1. The van der Waals surface area contributed by atoms with Crippen molar-refractivity contribution in [1.82, 2.24) is 5.32 Å². The lowest BCUT2D eigenvalue weighted by Gasteiger charge is -2.14. The molecule has 0 unspecified atom stereocenters. The molecular formula is C15H15FN2O. The fourth-order valence-electron chi connectivity index (χ4n) is 1.79. The maximum atomic E-state index is 13.0. The Morgan fingerprint density at radius 1 is 1.21 bits per heavy atom. The third-order valence-electron chi connectivity index (χ3n) is 2.91. The van der Waals surface area contributed by atoms with Crippen LogP contribution in [0.15, 0.2) is 48.5 Å². The second kappa shape index (κ2) is 5.52. The van der Waals surface area contributed by atoms with Crippen LogP contribution in [0.25, 0.3) is 0 Å². The predicted octanol–water partition coefficient (Wildman–Crippen LogP) is 2.90. The van der Waals surface area contributed by atoms with Crippen molar-refractivity contribution in [3.8, 4) is 0 Å². The molecule has 2 aromatic carbocycles. The van der Waals surface area contributed by atoms with Crippen molar-refractivity contribution in [2.75, 3.05) is 5.73 Å². The van der Waals surface area contributed by atoms with E-state index in [2.05, 4.69) is 5.32 Å². The molecule has 3 N–H and O–H groups in total. The molecule has 0 aliphatic rings. The Bertz CT molecular complexity index is 584. The number of nitrogen functional groups attached to an aromatic ring is 1. The van der Waals surface area contributed by atoms with Crippen molar-refractivity contribution in [2.24, 2.45) is 0 Å². The molecule has 4 heteroatoms. The summed E-state index contributed by atoms with van der Waals surface area (Å²) in [6.07, 6.45) is 0. The second-order valence-electron chi connectivity index (χ2n) is 4.34. The summed E-state index contributed by atoms with van der Waals surface area (Å²) in [7, 11) is 0. The molecule has 0 aliphatic heterocycles. The minimum Gasteiger partial charge on any atom is -0.396 e. The van der Waals surface area contributed by atoms with Gasteiger partial charge in [-0.15, -0.1) is 0 Å². The summed E-state index contributed by atoms with van der Waals surface area (Å²) in [5.41, 5.74) is 6.77. The van der Waals surface area contributed by atoms with E-state index in [1.165, 1.54) is 18.2 Å². The summed E-state index contributed by atoms with van der Waals surface area (Å²) < 4.78 is 13.0. The van der Waals surface area contributed by atoms with Crippen molar-refractivity contribution >= 4 is 11.6 Å². The van der Waals surface area contributed by atoms with Crippen LogP contribution in [0.2, 0.25) is 0 Å². The Labute approximate surface area is 111 Å². The predicted molar refractivity (Wildman–Crippen MR) is 73.1 cm³/mol. The van der Waals surface area contributed by atoms with Crippen LogP contribution in [-0.2, 0) is 0 Å². The molecular weight excluding hydrogens is 243 g/mol.